The zero-order chi connectivity index (χ0) is 14.4. The molecule has 0 saturated carbocycles. The zero-order valence-electron chi connectivity index (χ0n) is 11.4. The van der Waals surface area contributed by atoms with E-state index in [-0.39, 0.29) is 19.7 Å². The average molecular weight is 281 g/mol. The zero-order valence-corrected chi connectivity index (χ0v) is 12.2. The van der Waals surface area contributed by atoms with Gasteiger partial charge in [0.05, 0.1) is 6.61 Å². The van der Waals surface area contributed by atoms with Crippen LogP contribution in [0.2, 0.25) is 0 Å². The van der Waals surface area contributed by atoms with Gasteiger partial charge in [0.2, 0.25) is 0 Å². The molecule has 0 aromatic carbocycles. The average Bonchev–Trinajstić information content (AvgIpc) is 2.28. The molecule has 0 spiro atoms. The van der Waals surface area contributed by atoms with Crippen LogP contribution in [0.1, 0.15) is 34.1 Å². The van der Waals surface area contributed by atoms with Gasteiger partial charge in [-0.1, -0.05) is 13.8 Å². The van der Waals surface area contributed by atoms with Crippen LogP contribution in [0.3, 0.4) is 0 Å². The number of carbonyl (C=O) groups is 1. The number of hydrogen-bond acceptors (Lipinski definition) is 5. The van der Waals surface area contributed by atoms with Gasteiger partial charge in [-0.25, -0.2) is 9.52 Å². The molecule has 0 saturated heterocycles. The van der Waals surface area contributed by atoms with E-state index in [0.717, 1.165) is 0 Å². The second-order valence-corrected chi connectivity index (χ2v) is 5.64. The highest BCUT2D eigenvalue weighted by Crippen LogP contribution is 2.20. The lowest BCUT2D eigenvalue weighted by molar-refractivity contribution is 0.156. The molecule has 0 rings (SSSR count). The molecule has 0 aliphatic heterocycles. The molecule has 1 atom stereocenters. The predicted octanol–water partition coefficient (Wildman–Crippen LogP) is 0.427. The second kappa shape index (κ2) is 6.91. The second-order valence-electron chi connectivity index (χ2n) is 4.05. The minimum absolute atomic E-state index is 0.107. The predicted molar refractivity (Wildman–Crippen MR) is 69.2 cm³/mol. The monoisotopic (exact) mass is 281 g/mol. The third kappa shape index (κ3) is 4.11. The molecule has 0 heterocycles. The number of hydrogen-bond donors (Lipinski definition) is 2. The molecule has 0 aliphatic rings. The molecule has 1 unspecified atom stereocenters. The van der Waals surface area contributed by atoms with Crippen LogP contribution in [-0.4, -0.2) is 44.1 Å². The van der Waals surface area contributed by atoms with Gasteiger partial charge in [0.25, 0.3) is 0 Å². The lowest BCUT2D eigenvalue weighted by Crippen LogP contribution is -2.57. The summed E-state index contributed by atoms with van der Waals surface area (Å²) in [6.07, 6.45) is -0.437. The standard InChI is InChI=1S/C10H23N3O4S/c1-5-10(4,8-11)13(6-2)18(15,16)12-9(14)17-7-3/h5-8,11H2,1-4H3,(H,12,14). The molecule has 0 aromatic rings. The first-order valence-electron chi connectivity index (χ1n) is 5.94. The molecule has 1 amide bonds. The first-order chi connectivity index (χ1) is 8.27. The lowest BCUT2D eigenvalue weighted by atomic mass is 9.99. The van der Waals surface area contributed by atoms with E-state index in [9.17, 15) is 13.2 Å². The van der Waals surface area contributed by atoms with E-state index in [1.54, 1.807) is 20.8 Å². The smallest absolute Gasteiger partial charge is 0.421 e. The van der Waals surface area contributed by atoms with Crippen molar-refractivity contribution in [2.45, 2.75) is 39.7 Å². The maximum atomic E-state index is 12.1. The van der Waals surface area contributed by atoms with Crippen molar-refractivity contribution in [3.05, 3.63) is 0 Å². The number of nitrogens with one attached hydrogen (secondary N) is 1. The maximum absolute atomic E-state index is 12.1. The Bertz CT molecular complexity index is 365. The Morgan fingerprint density at radius 1 is 1.39 bits per heavy atom. The van der Waals surface area contributed by atoms with Crippen molar-refractivity contribution in [3.63, 3.8) is 0 Å². The van der Waals surface area contributed by atoms with E-state index in [4.69, 9.17) is 5.73 Å². The van der Waals surface area contributed by atoms with Crippen molar-refractivity contribution in [1.82, 2.24) is 9.03 Å². The van der Waals surface area contributed by atoms with E-state index in [2.05, 4.69) is 4.74 Å². The molecule has 0 aromatic heterocycles. The van der Waals surface area contributed by atoms with Crippen LogP contribution >= 0.6 is 0 Å². The number of carbonyl (C=O) groups excluding carboxylic acids is 1. The van der Waals surface area contributed by atoms with Crippen molar-refractivity contribution >= 4 is 16.3 Å². The lowest BCUT2D eigenvalue weighted by Gasteiger charge is -2.37. The van der Waals surface area contributed by atoms with Crippen molar-refractivity contribution in [1.29, 1.82) is 0 Å². The molecule has 108 valence electrons. The fraction of sp³-hybridized carbons (Fsp3) is 0.900. The molecular formula is C10H23N3O4S. The van der Waals surface area contributed by atoms with Gasteiger partial charge in [-0.15, -0.1) is 0 Å². The van der Waals surface area contributed by atoms with Gasteiger partial charge in [-0.05, 0) is 20.3 Å². The van der Waals surface area contributed by atoms with E-state index in [1.165, 1.54) is 4.31 Å². The highest BCUT2D eigenvalue weighted by Gasteiger charge is 2.37. The summed E-state index contributed by atoms with van der Waals surface area (Å²) in [7, 11) is -3.95. The Morgan fingerprint density at radius 2 is 1.94 bits per heavy atom. The summed E-state index contributed by atoms with van der Waals surface area (Å²) in [6, 6.07) is 0. The summed E-state index contributed by atoms with van der Waals surface area (Å²) < 4.78 is 31.7. The number of nitrogens with zero attached hydrogens (tertiary/aromatic N) is 1. The molecule has 0 radical (unpaired) electrons. The Hall–Kier alpha value is -0.860. The van der Waals surface area contributed by atoms with Crippen LogP contribution in [0.5, 0.6) is 0 Å². The molecule has 7 nitrogen and oxygen atoms in total. The fourth-order valence-corrected chi connectivity index (χ4v) is 3.09. The first kappa shape index (κ1) is 17.1. The molecule has 0 fully saturated rings. The summed E-state index contributed by atoms with van der Waals surface area (Å²) in [5, 5.41) is 0. The van der Waals surface area contributed by atoms with Crippen LogP contribution in [0.25, 0.3) is 0 Å². The van der Waals surface area contributed by atoms with Gasteiger partial charge < -0.3 is 10.5 Å². The number of nitrogens with two attached hydrogens (primary N) is 1. The van der Waals surface area contributed by atoms with E-state index in [0.29, 0.717) is 6.42 Å². The Kier molecular flexibility index (Phi) is 6.58. The Balaban J connectivity index is 5.10. The molecule has 8 heteroatoms. The van der Waals surface area contributed by atoms with E-state index in [1.807, 2.05) is 11.6 Å². The third-order valence-corrected chi connectivity index (χ3v) is 4.57. The first-order valence-corrected chi connectivity index (χ1v) is 7.38. The van der Waals surface area contributed by atoms with Gasteiger partial charge >= 0.3 is 16.3 Å². The van der Waals surface area contributed by atoms with Crippen LogP contribution in [-0.2, 0) is 14.9 Å². The van der Waals surface area contributed by atoms with Crippen LogP contribution in [0, 0.1) is 0 Å². The molecule has 18 heavy (non-hydrogen) atoms. The summed E-state index contributed by atoms with van der Waals surface area (Å²) in [5.74, 6) is 0. The van der Waals surface area contributed by atoms with E-state index < -0.39 is 21.8 Å². The van der Waals surface area contributed by atoms with Crippen molar-refractivity contribution in [2.75, 3.05) is 19.7 Å². The van der Waals surface area contributed by atoms with Gasteiger partial charge in [-0.2, -0.15) is 12.7 Å². The highest BCUT2D eigenvalue weighted by atomic mass is 32.2. The molecule has 0 bridgehead atoms. The van der Waals surface area contributed by atoms with Gasteiger partial charge in [0.15, 0.2) is 0 Å². The fourth-order valence-electron chi connectivity index (χ4n) is 1.59. The number of amides is 1. The van der Waals surface area contributed by atoms with Gasteiger partial charge in [0, 0.05) is 18.6 Å². The molecular weight excluding hydrogens is 258 g/mol. The Labute approximate surface area is 109 Å². The highest BCUT2D eigenvalue weighted by molar-refractivity contribution is 7.87. The van der Waals surface area contributed by atoms with Crippen molar-refractivity contribution in [3.8, 4) is 0 Å². The number of rotatable bonds is 7. The normalized spacial score (nSPS) is 15.2. The van der Waals surface area contributed by atoms with Crippen molar-refractivity contribution in [2.24, 2.45) is 5.73 Å². The quantitative estimate of drug-likeness (QED) is 0.704. The SMILES string of the molecule is CCOC(=O)NS(=O)(=O)N(CC)C(C)(CC)CN. The summed E-state index contributed by atoms with van der Waals surface area (Å²) in [4.78, 5) is 11.2. The third-order valence-electron chi connectivity index (χ3n) is 2.87. The van der Waals surface area contributed by atoms with Gasteiger partial charge in [-0.3, -0.25) is 0 Å². The number of likely N-dealkylation sites (N-methyl/N-ethyl adjacent to an activating group) is 1. The van der Waals surface area contributed by atoms with Crippen LogP contribution in [0.4, 0.5) is 4.79 Å². The molecule has 0 aliphatic carbocycles. The van der Waals surface area contributed by atoms with Crippen LogP contribution in [0.15, 0.2) is 0 Å². The van der Waals surface area contributed by atoms with E-state index >= 15 is 0 Å². The van der Waals surface area contributed by atoms with Gasteiger partial charge in [0.1, 0.15) is 0 Å². The minimum Gasteiger partial charge on any atom is -0.449 e. The topological polar surface area (TPSA) is 102 Å². The van der Waals surface area contributed by atoms with Crippen LogP contribution < -0.4 is 10.5 Å². The summed E-state index contributed by atoms with van der Waals surface area (Å²) in [5.41, 5.74) is 4.90. The largest absolute Gasteiger partial charge is 0.449 e. The minimum atomic E-state index is -3.95. The maximum Gasteiger partial charge on any atom is 0.421 e. The van der Waals surface area contributed by atoms with Crippen molar-refractivity contribution < 1.29 is 17.9 Å². The summed E-state index contributed by atoms with van der Waals surface area (Å²) in [6.45, 7) is 7.36. The Morgan fingerprint density at radius 3 is 2.28 bits per heavy atom. The molecule has 3 N–H and O–H groups in total. The number of ether oxygens (including phenoxy) is 1. The summed E-state index contributed by atoms with van der Waals surface area (Å²) >= 11 is 0.